The van der Waals surface area contributed by atoms with E-state index in [9.17, 15) is 4.79 Å². The number of nitrogens with one attached hydrogen (secondary N) is 2. The van der Waals surface area contributed by atoms with Crippen LogP contribution in [-0.2, 0) is 4.79 Å². The van der Waals surface area contributed by atoms with E-state index in [0.29, 0.717) is 18.9 Å². The number of halogens is 2. The molecule has 0 aromatic carbocycles. The Morgan fingerprint density at radius 3 is 2.95 bits per heavy atom. The predicted molar refractivity (Wildman–Crippen MR) is 82.6 cm³/mol. The van der Waals surface area contributed by atoms with E-state index in [1.807, 2.05) is 18.2 Å². The maximum atomic E-state index is 11.8. The van der Waals surface area contributed by atoms with Crippen LogP contribution in [0, 0.1) is 0 Å². The number of H-pyrrole nitrogens is 1. The molecular weight excluding hydrogens is 376 g/mol. The molecule has 7 heteroatoms. The number of nitrogens with two attached hydrogens (primary N) is 1. The molecule has 1 amide bonds. The fraction of sp³-hybridized carbons (Fsp3) is 0.167. The third-order valence-electron chi connectivity index (χ3n) is 2.49. The molecule has 5 nitrogen and oxygen atoms in total. The van der Waals surface area contributed by atoms with Gasteiger partial charge in [-0.3, -0.25) is 4.79 Å². The number of rotatable bonds is 4. The van der Waals surface area contributed by atoms with Crippen LogP contribution in [0.5, 0.6) is 0 Å². The number of imidazole rings is 1. The highest BCUT2D eigenvalue weighted by atomic mass is 79.9. The van der Waals surface area contributed by atoms with E-state index in [2.05, 4.69) is 47.1 Å². The number of aromatic amines is 1. The van der Waals surface area contributed by atoms with Crippen LogP contribution < -0.4 is 11.1 Å². The van der Waals surface area contributed by atoms with Gasteiger partial charge in [0, 0.05) is 27.5 Å². The molecule has 100 valence electrons. The first-order valence-electron chi connectivity index (χ1n) is 5.56. The van der Waals surface area contributed by atoms with Crippen LogP contribution in [0.1, 0.15) is 12.1 Å². The molecule has 19 heavy (non-hydrogen) atoms. The van der Waals surface area contributed by atoms with Crippen molar-refractivity contribution >= 4 is 49.8 Å². The van der Waals surface area contributed by atoms with Gasteiger partial charge in [-0.2, -0.15) is 0 Å². The number of carbonyl (C=O) groups is 1. The average molecular weight is 388 g/mol. The smallest absolute Gasteiger partial charge is 0.247 e. The number of hydrogen-bond acceptors (Lipinski definition) is 3. The minimum Gasteiger partial charge on any atom is -0.369 e. The van der Waals surface area contributed by atoms with Gasteiger partial charge in [0.25, 0.3) is 0 Å². The number of nitrogen functional groups attached to an aromatic ring is 1. The first-order valence-corrected chi connectivity index (χ1v) is 7.15. The fourth-order valence-electron chi connectivity index (χ4n) is 1.57. The molecule has 0 aliphatic heterocycles. The van der Waals surface area contributed by atoms with Crippen LogP contribution >= 0.6 is 31.9 Å². The normalized spacial score (nSPS) is 15.2. The minimum absolute atomic E-state index is 0.0693. The fourth-order valence-corrected chi connectivity index (χ4v) is 2.40. The second-order valence-corrected chi connectivity index (χ2v) is 5.75. The summed E-state index contributed by atoms with van der Waals surface area (Å²) >= 11 is 6.76. The molecule has 0 bridgehead atoms. The summed E-state index contributed by atoms with van der Waals surface area (Å²) in [6.07, 6.45) is 7.71. The van der Waals surface area contributed by atoms with Gasteiger partial charge in [0.2, 0.25) is 5.91 Å². The number of allylic oxidation sites excluding steroid dienone is 3. The summed E-state index contributed by atoms with van der Waals surface area (Å²) in [5, 5.41) is 2.81. The van der Waals surface area contributed by atoms with Crippen molar-refractivity contribution in [2.45, 2.75) is 6.42 Å². The van der Waals surface area contributed by atoms with Crippen LogP contribution in [0.2, 0.25) is 0 Å². The second kappa shape index (κ2) is 6.21. The summed E-state index contributed by atoms with van der Waals surface area (Å²) in [5.74, 6) is 0.306. The lowest BCUT2D eigenvalue weighted by Gasteiger charge is -2.02. The van der Waals surface area contributed by atoms with Gasteiger partial charge in [0.15, 0.2) is 5.95 Å². The summed E-state index contributed by atoms with van der Waals surface area (Å²) in [6.45, 7) is 0.449. The molecule has 1 heterocycles. The molecule has 0 saturated carbocycles. The molecule has 1 aliphatic carbocycles. The third-order valence-corrected chi connectivity index (χ3v) is 4.44. The Hall–Kier alpha value is -1.34. The summed E-state index contributed by atoms with van der Waals surface area (Å²) < 4.78 is 1.90. The van der Waals surface area contributed by atoms with Gasteiger partial charge < -0.3 is 16.0 Å². The summed E-state index contributed by atoms with van der Waals surface area (Å²) in [5.41, 5.74) is 6.99. The van der Waals surface area contributed by atoms with Crippen LogP contribution in [0.3, 0.4) is 0 Å². The van der Waals surface area contributed by atoms with Crippen LogP contribution in [-0.4, -0.2) is 22.4 Å². The summed E-state index contributed by atoms with van der Waals surface area (Å²) in [7, 11) is 0. The molecule has 0 radical (unpaired) electrons. The zero-order valence-electron chi connectivity index (χ0n) is 9.91. The summed E-state index contributed by atoms with van der Waals surface area (Å²) in [6, 6.07) is 0. The molecule has 0 spiro atoms. The van der Waals surface area contributed by atoms with Gasteiger partial charge in [0.1, 0.15) is 0 Å². The monoisotopic (exact) mass is 386 g/mol. The van der Waals surface area contributed by atoms with Crippen molar-refractivity contribution in [3.63, 3.8) is 0 Å². The SMILES string of the molecule is Nc1ncc(/C=C/CNC(=O)C2=CC(Br)=C(Br)C2)[nH]1. The molecule has 0 unspecified atom stereocenters. The van der Waals surface area contributed by atoms with E-state index in [0.717, 1.165) is 20.2 Å². The predicted octanol–water partition coefficient (Wildman–Crippen LogP) is 2.45. The number of anilines is 1. The van der Waals surface area contributed by atoms with Gasteiger partial charge in [-0.25, -0.2) is 4.98 Å². The Bertz CT molecular complexity index is 586. The van der Waals surface area contributed by atoms with Crippen molar-refractivity contribution in [2.75, 3.05) is 12.3 Å². The maximum Gasteiger partial charge on any atom is 0.247 e. The number of amides is 1. The van der Waals surface area contributed by atoms with E-state index in [1.165, 1.54) is 0 Å². The van der Waals surface area contributed by atoms with Crippen LogP contribution in [0.4, 0.5) is 5.95 Å². The van der Waals surface area contributed by atoms with Gasteiger partial charge in [0.05, 0.1) is 11.9 Å². The lowest BCUT2D eigenvalue weighted by molar-refractivity contribution is -0.117. The topological polar surface area (TPSA) is 83.8 Å². The highest BCUT2D eigenvalue weighted by molar-refractivity contribution is 9.14. The molecule has 0 fully saturated rings. The maximum absolute atomic E-state index is 11.8. The van der Waals surface area contributed by atoms with Gasteiger partial charge in [-0.1, -0.05) is 22.0 Å². The molecule has 0 atom stereocenters. The molecule has 4 N–H and O–H groups in total. The summed E-state index contributed by atoms with van der Waals surface area (Å²) in [4.78, 5) is 18.6. The zero-order chi connectivity index (χ0) is 13.8. The quantitative estimate of drug-likeness (QED) is 0.741. The van der Waals surface area contributed by atoms with Crippen LogP contribution in [0.15, 0.2) is 32.9 Å². The molecular formula is C12H12Br2N4O. The van der Waals surface area contributed by atoms with Crippen molar-refractivity contribution in [3.05, 3.63) is 38.6 Å². The number of carbonyl (C=O) groups excluding carboxylic acids is 1. The highest BCUT2D eigenvalue weighted by Gasteiger charge is 2.17. The van der Waals surface area contributed by atoms with Crippen molar-refractivity contribution in [1.29, 1.82) is 0 Å². The van der Waals surface area contributed by atoms with Crippen molar-refractivity contribution < 1.29 is 4.79 Å². The van der Waals surface area contributed by atoms with E-state index in [4.69, 9.17) is 5.73 Å². The highest BCUT2D eigenvalue weighted by Crippen LogP contribution is 2.33. The van der Waals surface area contributed by atoms with Gasteiger partial charge >= 0.3 is 0 Å². The lowest BCUT2D eigenvalue weighted by Crippen LogP contribution is -2.24. The van der Waals surface area contributed by atoms with Crippen LogP contribution in [0.25, 0.3) is 6.08 Å². The van der Waals surface area contributed by atoms with Gasteiger partial charge in [-0.15, -0.1) is 0 Å². The minimum atomic E-state index is -0.0693. The lowest BCUT2D eigenvalue weighted by atomic mass is 10.2. The Labute approximate surface area is 127 Å². The number of hydrogen-bond donors (Lipinski definition) is 3. The first-order chi connectivity index (χ1) is 9.06. The largest absolute Gasteiger partial charge is 0.369 e. The first kappa shape index (κ1) is 14.1. The molecule has 2 rings (SSSR count). The standard InChI is InChI=1S/C12H12Br2N4O/c13-9-4-7(5-10(9)14)11(19)16-3-1-2-8-6-17-12(15)18-8/h1-2,4,6H,3,5H2,(H,16,19)(H3,15,17,18)/b2-1+. The van der Waals surface area contributed by atoms with Gasteiger partial charge in [-0.05, 0) is 28.1 Å². The Morgan fingerprint density at radius 1 is 1.58 bits per heavy atom. The molecule has 1 aromatic rings. The number of aromatic nitrogens is 2. The van der Waals surface area contributed by atoms with Crippen molar-refractivity contribution in [2.24, 2.45) is 0 Å². The van der Waals surface area contributed by atoms with Crippen molar-refractivity contribution in [1.82, 2.24) is 15.3 Å². The second-order valence-electron chi connectivity index (χ2n) is 3.94. The molecule has 1 aromatic heterocycles. The number of nitrogens with zero attached hydrogens (tertiary/aromatic N) is 1. The molecule has 1 aliphatic rings. The van der Waals surface area contributed by atoms with Crippen molar-refractivity contribution in [3.8, 4) is 0 Å². The Balaban J connectivity index is 1.79. The Kier molecular flexibility index (Phi) is 4.60. The van der Waals surface area contributed by atoms with E-state index in [1.54, 1.807) is 6.20 Å². The average Bonchev–Trinajstić information content (AvgIpc) is 2.92. The molecule has 0 saturated heterocycles. The van der Waals surface area contributed by atoms with E-state index in [-0.39, 0.29) is 5.91 Å². The third kappa shape index (κ3) is 3.81. The van der Waals surface area contributed by atoms with E-state index < -0.39 is 0 Å². The zero-order valence-corrected chi connectivity index (χ0v) is 13.1. The van der Waals surface area contributed by atoms with E-state index >= 15 is 0 Å². The Morgan fingerprint density at radius 2 is 2.37 bits per heavy atom.